The number of hydrogen-bond donors (Lipinski definition) is 2. The van der Waals surface area contributed by atoms with Gasteiger partial charge in [-0.15, -0.1) is 0 Å². The van der Waals surface area contributed by atoms with Crippen LogP contribution in [0, 0.1) is 0 Å². The predicted octanol–water partition coefficient (Wildman–Crippen LogP) is 0.772. The highest BCUT2D eigenvalue weighted by Gasteiger charge is 2.28. The summed E-state index contributed by atoms with van der Waals surface area (Å²) in [4.78, 5) is 16.3. The smallest absolute Gasteiger partial charge is 0.227 e. The van der Waals surface area contributed by atoms with Crippen molar-refractivity contribution in [2.75, 3.05) is 20.2 Å². The van der Waals surface area contributed by atoms with Crippen LogP contribution in [0.1, 0.15) is 12.3 Å². The Balaban J connectivity index is 1.51. The maximum absolute atomic E-state index is 12.0. The second kappa shape index (κ2) is 7.34. The lowest BCUT2D eigenvalue weighted by Crippen LogP contribution is -2.43. The highest BCUT2D eigenvalue weighted by molar-refractivity contribution is 5.76. The fourth-order valence-electron chi connectivity index (χ4n) is 2.61. The molecule has 1 saturated heterocycles. The van der Waals surface area contributed by atoms with E-state index >= 15 is 0 Å². The number of nitrogens with one attached hydrogen (secondary N) is 2. The van der Waals surface area contributed by atoms with E-state index in [2.05, 4.69) is 20.8 Å². The second-order valence-corrected chi connectivity index (χ2v) is 5.48. The van der Waals surface area contributed by atoms with E-state index in [1.807, 2.05) is 30.3 Å². The molecule has 1 amide bonds. The van der Waals surface area contributed by atoms with Crippen molar-refractivity contribution in [3.63, 3.8) is 0 Å². The van der Waals surface area contributed by atoms with Crippen LogP contribution in [0.3, 0.4) is 0 Å². The number of carbonyl (C=O) groups excluding carboxylic acids is 1. The minimum atomic E-state index is -0.0415. The Morgan fingerprint density at radius 2 is 2.22 bits per heavy atom. The zero-order valence-corrected chi connectivity index (χ0v) is 13.0. The average Bonchev–Trinajstić information content (AvgIpc) is 3.23. The largest absolute Gasteiger partial charge is 0.378 e. The monoisotopic (exact) mass is 316 g/mol. The van der Waals surface area contributed by atoms with E-state index in [9.17, 15) is 4.79 Å². The quantitative estimate of drug-likeness (QED) is 0.818. The van der Waals surface area contributed by atoms with Crippen molar-refractivity contribution >= 4 is 5.91 Å². The minimum Gasteiger partial charge on any atom is -0.378 e. The predicted molar refractivity (Wildman–Crippen MR) is 83.7 cm³/mol. The number of aryl methyl sites for hydroxylation is 1. The number of amides is 1. The minimum absolute atomic E-state index is 0.00932. The summed E-state index contributed by atoms with van der Waals surface area (Å²) >= 11 is 0. The molecule has 0 saturated carbocycles. The summed E-state index contributed by atoms with van der Waals surface area (Å²) in [5.41, 5.74) is 0.895. The van der Waals surface area contributed by atoms with Gasteiger partial charge in [-0.2, -0.15) is 4.98 Å². The van der Waals surface area contributed by atoms with Crippen molar-refractivity contribution < 1.29 is 14.1 Å². The Labute approximate surface area is 134 Å². The summed E-state index contributed by atoms with van der Waals surface area (Å²) in [6.07, 6.45) is 0.749. The van der Waals surface area contributed by atoms with Crippen LogP contribution in [0.15, 0.2) is 34.9 Å². The van der Waals surface area contributed by atoms with Gasteiger partial charge in [-0.3, -0.25) is 4.79 Å². The van der Waals surface area contributed by atoms with Crippen molar-refractivity contribution in [3.05, 3.63) is 36.2 Å². The van der Waals surface area contributed by atoms with E-state index in [0.29, 0.717) is 24.6 Å². The van der Waals surface area contributed by atoms with Gasteiger partial charge in [0.05, 0.1) is 12.1 Å². The summed E-state index contributed by atoms with van der Waals surface area (Å²) in [5.74, 6) is 0.965. The van der Waals surface area contributed by atoms with Crippen LogP contribution in [-0.4, -0.2) is 48.4 Å². The van der Waals surface area contributed by atoms with Crippen molar-refractivity contribution in [2.24, 2.45) is 0 Å². The number of hydrogen-bond acceptors (Lipinski definition) is 6. The maximum atomic E-state index is 12.0. The molecule has 23 heavy (non-hydrogen) atoms. The second-order valence-electron chi connectivity index (χ2n) is 5.48. The van der Waals surface area contributed by atoms with Crippen LogP contribution >= 0.6 is 0 Å². The van der Waals surface area contributed by atoms with Gasteiger partial charge in [0.1, 0.15) is 0 Å². The summed E-state index contributed by atoms with van der Waals surface area (Å²) in [7, 11) is 1.65. The molecule has 1 aromatic carbocycles. The lowest BCUT2D eigenvalue weighted by atomic mass is 10.2. The molecule has 0 bridgehead atoms. The summed E-state index contributed by atoms with van der Waals surface area (Å²) in [5, 5.41) is 10.1. The Kier molecular flexibility index (Phi) is 4.99. The van der Waals surface area contributed by atoms with E-state index in [0.717, 1.165) is 18.7 Å². The standard InChI is InChI=1S/C16H20N4O3/c1-22-13-10-17-9-12(13)18-14(21)7-8-15-19-16(20-23-15)11-5-3-2-4-6-11/h2-6,12-13,17H,7-10H2,1H3,(H,18,21)/t12-,13-/m0/s1. The molecule has 0 spiro atoms. The zero-order chi connectivity index (χ0) is 16.1. The van der Waals surface area contributed by atoms with Crippen molar-refractivity contribution in [2.45, 2.75) is 25.0 Å². The first-order valence-corrected chi connectivity index (χ1v) is 7.67. The van der Waals surface area contributed by atoms with Crippen molar-refractivity contribution in [3.8, 4) is 11.4 Å². The average molecular weight is 316 g/mol. The third-order valence-corrected chi connectivity index (χ3v) is 3.87. The summed E-state index contributed by atoms with van der Waals surface area (Å²) in [6.45, 7) is 1.48. The Morgan fingerprint density at radius 3 is 3.00 bits per heavy atom. The molecular weight excluding hydrogens is 296 g/mol. The molecule has 0 unspecified atom stereocenters. The van der Waals surface area contributed by atoms with Crippen LogP contribution < -0.4 is 10.6 Å². The Morgan fingerprint density at radius 1 is 1.39 bits per heavy atom. The lowest BCUT2D eigenvalue weighted by molar-refractivity contribution is -0.122. The fourth-order valence-corrected chi connectivity index (χ4v) is 2.61. The highest BCUT2D eigenvalue weighted by atomic mass is 16.5. The molecule has 7 heteroatoms. The first-order chi connectivity index (χ1) is 11.3. The summed E-state index contributed by atoms with van der Waals surface area (Å²) in [6, 6.07) is 9.61. The SMILES string of the molecule is CO[C@H]1CNC[C@@H]1NC(=O)CCc1nc(-c2ccccc2)no1. The number of methoxy groups -OCH3 is 1. The van der Waals surface area contributed by atoms with E-state index in [-0.39, 0.29) is 18.1 Å². The molecule has 0 aliphatic carbocycles. The Bertz CT molecular complexity index is 644. The first-order valence-electron chi connectivity index (χ1n) is 7.67. The molecule has 7 nitrogen and oxygen atoms in total. The van der Waals surface area contributed by atoms with Gasteiger partial charge < -0.3 is 19.9 Å². The van der Waals surface area contributed by atoms with E-state index < -0.39 is 0 Å². The molecule has 0 radical (unpaired) electrons. The number of aromatic nitrogens is 2. The number of carbonyl (C=O) groups is 1. The van der Waals surface area contributed by atoms with Gasteiger partial charge in [-0.1, -0.05) is 35.5 Å². The van der Waals surface area contributed by atoms with Crippen molar-refractivity contribution in [1.82, 2.24) is 20.8 Å². The molecule has 1 aromatic heterocycles. The Hall–Kier alpha value is -2.25. The van der Waals surface area contributed by atoms with Gasteiger partial charge >= 0.3 is 0 Å². The fraction of sp³-hybridized carbons (Fsp3) is 0.438. The van der Waals surface area contributed by atoms with Crippen LogP contribution in [0.4, 0.5) is 0 Å². The van der Waals surface area contributed by atoms with Gasteiger partial charge in [0.25, 0.3) is 0 Å². The first kappa shape index (κ1) is 15.6. The lowest BCUT2D eigenvalue weighted by Gasteiger charge is -2.18. The van der Waals surface area contributed by atoms with Crippen LogP contribution in [0.2, 0.25) is 0 Å². The molecule has 2 atom stereocenters. The summed E-state index contributed by atoms with van der Waals surface area (Å²) < 4.78 is 10.5. The van der Waals surface area contributed by atoms with E-state index in [1.54, 1.807) is 7.11 Å². The molecular formula is C16H20N4O3. The molecule has 2 heterocycles. The van der Waals surface area contributed by atoms with Crippen LogP contribution in [0.25, 0.3) is 11.4 Å². The van der Waals surface area contributed by atoms with Gasteiger partial charge in [0, 0.05) is 38.6 Å². The highest BCUT2D eigenvalue weighted by Crippen LogP contribution is 2.15. The molecule has 1 aliphatic heterocycles. The topological polar surface area (TPSA) is 89.3 Å². The molecule has 2 N–H and O–H groups in total. The normalized spacial score (nSPS) is 20.6. The van der Waals surface area contributed by atoms with Gasteiger partial charge in [-0.25, -0.2) is 0 Å². The molecule has 122 valence electrons. The molecule has 1 fully saturated rings. The van der Waals surface area contributed by atoms with E-state index in [4.69, 9.17) is 9.26 Å². The molecule has 3 rings (SSSR count). The number of ether oxygens (including phenoxy) is 1. The van der Waals surface area contributed by atoms with Crippen molar-refractivity contribution in [1.29, 1.82) is 0 Å². The van der Waals surface area contributed by atoms with Gasteiger partial charge in [0.2, 0.25) is 17.6 Å². The van der Waals surface area contributed by atoms with Crippen LogP contribution in [-0.2, 0) is 16.0 Å². The molecule has 1 aliphatic rings. The van der Waals surface area contributed by atoms with Crippen LogP contribution in [0.5, 0.6) is 0 Å². The number of nitrogens with zero attached hydrogens (tertiary/aromatic N) is 2. The maximum Gasteiger partial charge on any atom is 0.227 e. The third-order valence-electron chi connectivity index (χ3n) is 3.87. The zero-order valence-electron chi connectivity index (χ0n) is 13.0. The van der Waals surface area contributed by atoms with E-state index in [1.165, 1.54) is 0 Å². The van der Waals surface area contributed by atoms with Gasteiger partial charge in [0.15, 0.2) is 0 Å². The third kappa shape index (κ3) is 3.94. The molecule has 2 aromatic rings. The van der Waals surface area contributed by atoms with Gasteiger partial charge in [-0.05, 0) is 0 Å². The number of benzene rings is 1. The number of rotatable bonds is 6.